The van der Waals surface area contributed by atoms with Gasteiger partial charge < -0.3 is 0 Å². The first kappa shape index (κ1) is 32.7. The van der Waals surface area contributed by atoms with Gasteiger partial charge in [-0.05, 0) is 57.3 Å². The number of fused-ring (bicyclic) bond motifs is 3. The summed E-state index contributed by atoms with van der Waals surface area (Å²) in [5.41, 5.74) is 11.2. The van der Waals surface area contributed by atoms with Gasteiger partial charge in [-0.2, -0.15) is 0 Å². The molecule has 0 saturated heterocycles. The highest BCUT2D eigenvalue weighted by Gasteiger charge is 2.42. The van der Waals surface area contributed by atoms with E-state index >= 15 is 0 Å². The topological polar surface area (TPSA) is 0 Å². The van der Waals surface area contributed by atoms with Crippen molar-refractivity contribution in [2.75, 3.05) is 0 Å². The maximum absolute atomic E-state index is 2.54. The lowest BCUT2D eigenvalue weighted by Crippen LogP contribution is -2.25. The van der Waals surface area contributed by atoms with Gasteiger partial charge >= 0.3 is 0 Å². The molecule has 0 N–H and O–H groups in total. The molecule has 1 aliphatic rings. The van der Waals surface area contributed by atoms with Crippen molar-refractivity contribution in [2.45, 2.75) is 109 Å². The van der Waals surface area contributed by atoms with E-state index in [1.54, 1.807) is 11.1 Å². The highest BCUT2D eigenvalue weighted by molar-refractivity contribution is 5.85. The predicted molar refractivity (Wildman–Crippen MR) is 199 cm³/mol. The van der Waals surface area contributed by atoms with Crippen LogP contribution in [0.1, 0.15) is 137 Å². The number of hydrogen-bond donors (Lipinski definition) is 0. The average Bonchev–Trinajstić information content (AvgIpc) is 3.35. The van der Waals surface area contributed by atoms with Gasteiger partial charge in [-0.1, -0.05) is 212 Å². The van der Waals surface area contributed by atoms with Gasteiger partial charge in [0.15, 0.2) is 0 Å². The van der Waals surface area contributed by atoms with E-state index in [1.807, 2.05) is 0 Å². The maximum Gasteiger partial charge on any atom is 0.0215 e. The maximum atomic E-state index is 2.54. The second-order valence-corrected chi connectivity index (χ2v) is 13.2. The summed E-state index contributed by atoms with van der Waals surface area (Å²) >= 11 is 0. The van der Waals surface area contributed by atoms with Crippen LogP contribution in [0.25, 0.3) is 35.4 Å². The fourth-order valence-electron chi connectivity index (χ4n) is 7.33. The lowest BCUT2D eigenvalue weighted by Gasteiger charge is -2.33. The van der Waals surface area contributed by atoms with Crippen LogP contribution in [0, 0.1) is 0 Å². The molecule has 0 spiro atoms. The smallest absolute Gasteiger partial charge is 0.0215 e. The molecule has 0 atom stereocenters. The third-order valence-corrected chi connectivity index (χ3v) is 9.86. The summed E-state index contributed by atoms with van der Waals surface area (Å²) in [6.45, 7) is 4.63. The van der Waals surface area contributed by atoms with Crippen LogP contribution in [0.4, 0.5) is 0 Å². The number of benzene rings is 4. The Morgan fingerprint density at radius 1 is 0.400 bits per heavy atom. The largest absolute Gasteiger partial charge is 0.0654 e. The zero-order chi connectivity index (χ0) is 31.2. The molecule has 0 nitrogen and oxygen atoms in total. The summed E-state index contributed by atoms with van der Waals surface area (Å²) in [5.74, 6) is 0. The van der Waals surface area contributed by atoms with Crippen molar-refractivity contribution in [3.8, 4) is 11.1 Å². The second kappa shape index (κ2) is 17.2. The normalized spacial score (nSPS) is 13.5. The Hall–Kier alpha value is -3.64. The Morgan fingerprint density at radius 2 is 0.778 bits per heavy atom. The van der Waals surface area contributed by atoms with Crippen LogP contribution >= 0.6 is 0 Å². The SMILES string of the molecule is CCCCCCCCC1(CCCCCCCC)c2cc(/C=C/c3ccccc3)ccc2-c2ccc(/C=C/c3ccccc3)cc21. The monoisotopic (exact) mass is 594 g/mol. The summed E-state index contributed by atoms with van der Waals surface area (Å²) in [4.78, 5) is 0. The molecule has 0 saturated carbocycles. The number of hydrogen-bond acceptors (Lipinski definition) is 0. The summed E-state index contributed by atoms with van der Waals surface area (Å²) in [6, 6.07) is 36.0. The van der Waals surface area contributed by atoms with E-state index in [1.165, 1.54) is 123 Å². The Morgan fingerprint density at radius 3 is 1.20 bits per heavy atom. The van der Waals surface area contributed by atoms with E-state index in [0.717, 1.165) is 0 Å². The van der Waals surface area contributed by atoms with Crippen molar-refractivity contribution < 1.29 is 0 Å². The van der Waals surface area contributed by atoms with Crippen molar-refractivity contribution in [1.82, 2.24) is 0 Å². The Labute approximate surface area is 274 Å². The van der Waals surface area contributed by atoms with Crippen LogP contribution in [-0.4, -0.2) is 0 Å². The average molecular weight is 595 g/mol. The molecular weight excluding hydrogens is 540 g/mol. The van der Waals surface area contributed by atoms with E-state index in [9.17, 15) is 0 Å². The van der Waals surface area contributed by atoms with Gasteiger partial charge in [0.2, 0.25) is 0 Å². The van der Waals surface area contributed by atoms with Crippen LogP contribution in [-0.2, 0) is 5.41 Å². The molecule has 45 heavy (non-hydrogen) atoms. The fraction of sp³-hybridized carbons (Fsp3) is 0.378. The van der Waals surface area contributed by atoms with Crippen LogP contribution in [0.2, 0.25) is 0 Å². The highest BCUT2D eigenvalue weighted by Crippen LogP contribution is 2.55. The van der Waals surface area contributed by atoms with Crippen LogP contribution in [0.15, 0.2) is 97.1 Å². The molecule has 0 heteroatoms. The molecular formula is C45H54. The van der Waals surface area contributed by atoms with Gasteiger partial charge in [-0.25, -0.2) is 0 Å². The predicted octanol–water partition coefficient (Wildman–Crippen LogP) is 13.8. The molecule has 0 unspecified atom stereocenters. The highest BCUT2D eigenvalue weighted by atomic mass is 14.4. The Balaban J connectivity index is 1.51. The first-order valence-corrected chi connectivity index (χ1v) is 18.0. The van der Waals surface area contributed by atoms with Gasteiger partial charge in [0.05, 0.1) is 0 Å². The molecule has 5 rings (SSSR count). The van der Waals surface area contributed by atoms with E-state index in [2.05, 4.69) is 135 Å². The molecule has 0 fully saturated rings. The molecule has 234 valence electrons. The molecule has 0 amide bonds. The van der Waals surface area contributed by atoms with E-state index in [4.69, 9.17) is 0 Å². The molecule has 4 aromatic rings. The van der Waals surface area contributed by atoms with Crippen molar-refractivity contribution >= 4 is 24.3 Å². The molecule has 0 bridgehead atoms. The molecule has 0 heterocycles. The minimum absolute atomic E-state index is 0.0768. The van der Waals surface area contributed by atoms with Crippen LogP contribution < -0.4 is 0 Å². The molecule has 0 radical (unpaired) electrons. The van der Waals surface area contributed by atoms with Gasteiger partial charge in [-0.15, -0.1) is 0 Å². The standard InChI is InChI=1S/C45H54/c1-3-5-7-9-11-19-33-45(34-20-12-10-8-6-4-2)43-35-39(27-25-37-21-15-13-16-22-37)29-31-41(43)42-32-30-40(36-44(42)45)28-26-38-23-17-14-18-24-38/h13-18,21-32,35-36H,3-12,19-20,33-34H2,1-2H3/b27-25+,28-26+. The first-order chi connectivity index (χ1) is 22.2. The minimum atomic E-state index is 0.0768. The number of unbranched alkanes of at least 4 members (excludes halogenated alkanes) is 10. The van der Waals surface area contributed by atoms with Crippen molar-refractivity contribution in [1.29, 1.82) is 0 Å². The minimum Gasteiger partial charge on any atom is -0.0654 e. The van der Waals surface area contributed by atoms with Crippen molar-refractivity contribution in [2.24, 2.45) is 0 Å². The third-order valence-electron chi connectivity index (χ3n) is 9.86. The first-order valence-electron chi connectivity index (χ1n) is 18.0. The Kier molecular flexibility index (Phi) is 12.5. The Bertz CT molecular complexity index is 1390. The van der Waals surface area contributed by atoms with E-state index in [0.29, 0.717) is 0 Å². The lowest BCUT2D eigenvalue weighted by atomic mass is 9.70. The van der Waals surface area contributed by atoms with E-state index < -0.39 is 0 Å². The van der Waals surface area contributed by atoms with Gasteiger partial charge in [0.25, 0.3) is 0 Å². The van der Waals surface area contributed by atoms with E-state index in [-0.39, 0.29) is 5.41 Å². The second-order valence-electron chi connectivity index (χ2n) is 13.2. The van der Waals surface area contributed by atoms with Gasteiger partial charge in [-0.3, -0.25) is 0 Å². The lowest BCUT2D eigenvalue weighted by molar-refractivity contribution is 0.398. The van der Waals surface area contributed by atoms with Crippen molar-refractivity contribution in [3.63, 3.8) is 0 Å². The summed E-state index contributed by atoms with van der Waals surface area (Å²) in [7, 11) is 0. The number of rotatable bonds is 18. The zero-order valence-electron chi connectivity index (χ0n) is 27.9. The molecule has 0 aliphatic heterocycles. The van der Waals surface area contributed by atoms with Crippen LogP contribution in [0.3, 0.4) is 0 Å². The summed E-state index contributed by atoms with van der Waals surface area (Å²) < 4.78 is 0. The molecule has 1 aliphatic carbocycles. The van der Waals surface area contributed by atoms with Gasteiger partial charge in [0.1, 0.15) is 0 Å². The quantitative estimate of drug-likeness (QED) is 0.0794. The van der Waals surface area contributed by atoms with Gasteiger partial charge in [0, 0.05) is 5.41 Å². The summed E-state index contributed by atoms with van der Waals surface area (Å²) in [5, 5.41) is 0. The molecule has 0 aromatic heterocycles. The fourth-order valence-corrected chi connectivity index (χ4v) is 7.33. The zero-order valence-corrected chi connectivity index (χ0v) is 27.9. The summed E-state index contributed by atoms with van der Waals surface area (Å²) in [6.07, 6.45) is 27.7. The van der Waals surface area contributed by atoms with Crippen molar-refractivity contribution in [3.05, 3.63) is 130 Å². The molecule has 4 aromatic carbocycles. The third kappa shape index (κ3) is 8.76. The van der Waals surface area contributed by atoms with Crippen LogP contribution in [0.5, 0.6) is 0 Å².